The number of aromatic nitrogens is 2. The van der Waals surface area contributed by atoms with Gasteiger partial charge in [0.25, 0.3) is 0 Å². The molecular formula is C20H28N4O3. The average Bonchev–Trinajstić information content (AvgIpc) is 2.62. The monoisotopic (exact) mass is 372 g/mol. The highest BCUT2D eigenvalue weighted by Crippen LogP contribution is 2.27. The first-order valence-corrected chi connectivity index (χ1v) is 9.26. The number of hydroxylamine groups is 1. The number of anilines is 2. The molecule has 0 saturated heterocycles. The maximum absolute atomic E-state index is 10.8. The van der Waals surface area contributed by atoms with Crippen molar-refractivity contribution >= 4 is 17.7 Å². The van der Waals surface area contributed by atoms with E-state index in [1.165, 1.54) is 5.06 Å². The van der Waals surface area contributed by atoms with Gasteiger partial charge in [0.2, 0.25) is 5.95 Å². The van der Waals surface area contributed by atoms with Crippen molar-refractivity contribution in [3.8, 4) is 0 Å². The van der Waals surface area contributed by atoms with Gasteiger partial charge in [0.1, 0.15) is 0 Å². The van der Waals surface area contributed by atoms with Crippen molar-refractivity contribution in [1.29, 1.82) is 0 Å². The van der Waals surface area contributed by atoms with Gasteiger partial charge in [-0.05, 0) is 30.9 Å². The van der Waals surface area contributed by atoms with Crippen LogP contribution in [0.1, 0.15) is 55.5 Å². The second-order valence-corrected chi connectivity index (χ2v) is 6.73. The molecule has 1 heterocycles. The number of carboxylic acids is 1. The number of carbonyl (C=O) groups is 1. The van der Waals surface area contributed by atoms with E-state index in [9.17, 15) is 10.0 Å². The van der Waals surface area contributed by atoms with Crippen LogP contribution >= 0.6 is 0 Å². The molecule has 1 unspecified atom stereocenters. The maximum atomic E-state index is 10.8. The van der Waals surface area contributed by atoms with E-state index in [0.717, 1.165) is 41.6 Å². The normalized spacial score (nSPS) is 12.0. The molecule has 146 valence electrons. The number of nitrogens with zero attached hydrogens (tertiary/aromatic N) is 3. The first kappa shape index (κ1) is 20.6. The zero-order chi connectivity index (χ0) is 20.0. The zero-order valence-corrected chi connectivity index (χ0v) is 16.1. The fourth-order valence-electron chi connectivity index (χ4n) is 3.16. The summed E-state index contributed by atoms with van der Waals surface area (Å²) in [6, 6.07) is 7.35. The molecule has 7 heteroatoms. The van der Waals surface area contributed by atoms with Gasteiger partial charge < -0.3 is 10.8 Å². The van der Waals surface area contributed by atoms with E-state index in [1.807, 2.05) is 26.0 Å². The van der Waals surface area contributed by atoms with Gasteiger partial charge in [0, 0.05) is 17.7 Å². The lowest BCUT2D eigenvalue weighted by atomic mass is 10.0. The summed E-state index contributed by atoms with van der Waals surface area (Å²) in [6.45, 7) is 5.96. The molecule has 0 saturated carbocycles. The van der Waals surface area contributed by atoms with Crippen LogP contribution in [-0.4, -0.2) is 32.3 Å². The Bertz CT molecular complexity index is 778. The number of benzene rings is 1. The van der Waals surface area contributed by atoms with Gasteiger partial charge in [-0.2, -0.15) is 4.98 Å². The Balaban J connectivity index is 2.34. The van der Waals surface area contributed by atoms with E-state index in [-0.39, 0.29) is 18.4 Å². The summed E-state index contributed by atoms with van der Waals surface area (Å²) in [6.07, 6.45) is 3.11. The average molecular weight is 372 g/mol. The predicted molar refractivity (Wildman–Crippen MR) is 105 cm³/mol. The minimum atomic E-state index is -0.856. The molecule has 1 aromatic carbocycles. The Morgan fingerprint density at radius 2 is 1.81 bits per heavy atom. The van der Waals surface area contributed by atoms with Crippen molar-refractivity contribution in [3.05, 3.63) is 46.6 Å². The Hall–Kier alpha value is -2.67. The highest BCUT2D eigenvalue weighted by atomic mass is 16.5. The second-order valence-electron chi connectivity index (χ2n) is 6.73. The molecular weight excluding hydrogens is 344 g/mol. The molecule has 0 aliphatic rings. The maximum Gasteiger partial charge on any atom is 0.307 e. The number of nitrogens with two attached hydrogens (primary N) is 1. The number of carboxylic acid groups (broad SMARTS) is 1. The van der Waals surface area contributed by atoms with E-state index in [4.69, 9.17) is 10.8 Å². The van der Waals surface area contributed by atoms with Crippen molar-refractivity contribution in [2.24, 2.45) is 0 Å². The summed E-state index contributed by atoms with van der Waals surface area (Å²) in [5, 5.41) is 20.9. The molecule has 7 nitrogen and oxygen atoms in total. The van der Waals surface area contributed by atoms with E-state index >= 15 is 0 Å². The second kappa shape index (κ2) is 9.32. The Morgan fingerprint density at radius 1 is 1.19 bits per heavy atom. The summed E-state index contributed by atoms with van der Waals surface area (Å²) < 4.78 is 0. The molecule has 0 bridgehead atoms. The van der Waals surface area contributed by atoms with Gasteiger partial charge in [0.15, 0.2) is 5.82 Å². The molecule has 1 aromatic heterocycles. The quantitative estimate of drug-likeness (QED) is 0.578. The van der Waals surface area contributed by atoms with E-state index in [1.54, 1.807) is 12.1 Å². The molecule has 0 aliphatic heterocycles. The van der Waals surface area contributed by atoms with E-state index in [2.05, 4.69) is 16.9 Å². The van der Waals surface area contributed by atoms with Gasteiger partial charge >= 0.3 is 5.97 Å². The van der Waals surface area contributed by atoms with Gasteiger partial charge in [-0.15, -0.1) is 0 Å². The number of hydrogen-bond acceptors (Lipinski definition) is 6. The third kappa shape index (κ3) is 5.40. The van der Waals surface area contributed by atoms with Crippen molar-refractivity contribution in [3.63, 3.8) is 0 Å². The van der Waals surface area contributed by atoms with E-state index in [0.29, 0.717) is 12.2 Å². The standard InChI is InChI=1S/C20H28N4O3/c1-4-6-16(5-2)24(27)19-17(13(3)22-20(21)23-19)11-14-7-9-15(10-8-14)12-18(25)26/h7-10,16,27H,4-6,11-12H2,1-3H3,(H,25,26)(H2,21,22,23). The van der Waals surface area contributed by atoms with Crippen LogP contribution in [0.5, 0.6) is 0 Å². The zero-order valence-electron chi connectivity index (χ0n) is 16.1. The molecule has 0 aliphatic carbocycles. The fraction of sp³-hybridized carbons (Fsp3) is 0.450. The lowest BCUT2D eigenvalue weighted by Crippen LogP contribution is -2.33. The van der Waals surface area contributed by atoms with Crippen LogP contribution in [-0.2, 0) is 17.6 Å². The minimum Gasteiger partial charge on any atom is -0.481 e. The Morgan fingerprint density at radius 3 is 2.37 bits per heavy atom. The summed E-state index contributed by atoms with van der Waals surface area (Å²) >= 11 is 0. The molecule has 4 N–H and O–H groups in total. The lowest BCUT2D eigenvalue weighted by molar-refractivity contribution is -0.136. The van der Waals surface area contributed by atoms with Gasteiger partial charge in [-0.25, -0.2) is 10.0 Å². The molecule has 0 fully saturated rings. The molecule has 2 aromatic rings. The van der Waals surface area contributed by atoms with Crippen LogP contribution < -0.4 is 10.8 Å². The SMILES string of the molecule is CCCC(CC)N(O)c1nc(N)nc(C)c1Cc1ccc(CC(=O)O)cc1. The number of aryl methyl sites for hydroxylation is 1. The van der Waals surface area contributed by atoms with Crippen LogP contribution in [0.15, 0.2) is 24.3 Å². The molecule has 1 atom stereocenters. The smallest absolute Gasteiger partial charge is 0.307 e. The third-order valence-electron chi connectivity index (χ3n) is 4.62. The van der Waals surface area contributed by atoms with Gasteiger partial charge in [0.05, 0.1) is 12.5 Å². The van der Waals surface area contributed by atoms with Crippen molar-refractivity contribution in [1.82, 2.24) is 9.97 Å². The van der Waals surface area contributed by atoms with E-state index < -0.39 is 5.97 Å². The molecule has 0 amide bonds. The summed E-state index contributed by atoms with van der Waals surface area (Å²) in [4.78, 5) is 19.4. The number of aliphatic carboxylic acids is 1. The molecule has 0 spiro atoms. The van der Waals surface area contributed by atoms with Crippen molar-refractivity contribution in [2.75, 3.05) is 10.8 Å². The number of hydrogen-bond donors (Lipinski definition) is 3. The van der Waals surface area contributed by atoms with Crippen molar-refractivity contribution < 1.29 is 15.1 Å². The lowest BCUT2D eigenvalue weighted by Gasteiger charge is -2.28. The van der Waals surface area contributed by atoms with Gasteiger partial charge in [-0.1, -0.05) is 44.5 Å². The summed E-state index contributed by atoms with van der Waals surface area (Å²) in [5.41, 5.74) is 9.09. The van der Waals surface area contributed by atoms with Gasteiger partial charge in [-0.3, -0.25) is 10.0 Å². The largest absolute Gasteiger partial charge is 0.481 e. The number of nitrogen functional groups attached to an aromatic ring is 1. The molecule has 0 radical (unpaired) electrons. The third-order valence-corrected chi connectivity index (χ3v) is 4.62. The molecule has 27 heavy (non-hydrogen) atoms. The first-order valence-electron chi connectivity index (χ1n) is 9.26. The van der Waals surface area contributed by atoms with Crippen LogP contribution in [0.4, 0.5) is 11.8 Å². The van der Waals surface area contributed by atoms with Crippen molar-refractivity contribution in [2.45, 2.75) is 58.9 Å². The van der Waals surface area contributed by atoms with Crippen LogP contribution in [0.2, 0.25) is 0 Å². The first-order chi connectivity index (χ1) is 12.8. The minimum absolute atomic E-state index is 0.00481. The van der Waals surface area contributed by atoms with Crippen LogP contribution in [0.3, 0.4) is 0 Å². The Labute approximate surface area is 159 Å². The highest BCUT2D eigenvalue weighted by Gasteiger charge is 2.22. The predicted octanol–water partition coefficient (Wildman–Crippen LogP) is 3.36. The topological polar surface area (TPSA) is 113 Å². The van der Waals surface area contributed by atoms with Crippen LogP contribution in [0.25, 0.3) is 0 Å². The summed E-state index contributed by atoms with van der Waals surface area (Å²) in [7, 11) is 0. The molecule has 2 rings (SSSR count). The summed E-state index contributed by atoms with van der Waals surface area (Å²) in [5.74, 6) is -0.284. The van der Waals surface area contributed by atoms with Crippen LogP contribution in [0, 0.1) is 6.92 Å². The Kier molecular flexibility index (Phi) is 7.12. The highest BCUT2D eigenvalue weighted by molar-refractivity contribution is 5.70. The fourth-order valence-corrected chi connectivity index (χ4v) is 3.16. The number of rotatable bonds is 9.